The quantitative estimate of drug-likeness (QED) is 0.670. The zero-order valence-corrected chi connectivity index (χ0v) is 14.7. The number of aryl methyl sites for hydroxylation is 1. The van der Waals surface area contributed by atoms with E-state index < -0.39 is 0 Å². The fraction of sp³-hybridized carbons (Fsp3) is 0.316. The molecule has 1 aliphatic heterocycles. The Balaban J connectivity index is 1.72. The topological polar surface area (TPSA) is 99.9 Å². The summed E-state index contributed by atoms with van der Waals surface area (Å²) in [7, 11) is 0. The molecule has 134 valence electrons. The van der Waals surface area contributed by atoms with Gasteiger partial charge >= 0.3 is 0 Å². The highest BCUT2D eigenvalue weighted by atomic mass is 16.1. The van der Waals surface area contributed by atoms with Gasteiger partial charge in [-0.1, -0.05) is 0 Å². The van der Waals surface area contributed by atoms with Crippen LogP contribution in [0.3, 0.4) is 0 Å². The minimum absolute atomic E-state index is 0.187. The standard InChI is InChI=1S/C19H22N6O/c1-12-8-22-18-16(17(12)25-6-4-13(7-20)11-25)15(10-23-18)24-19(26)14-3-2-5-21-9-14/h2-3,5,8-10,13H,4,6-7,11,20H2,1H3,(H,22,23)(H,24,26). The highest BCUT2D eigenvalue weighted by Crippen LogP contribution is 2.37. The van der Waals surface area contributed by atoms with Crippen molar-refractivity contribution in [3.63, 3.8) is 0 Å². The van der Waals surface area contributed by atoms with Crippen LogP contribution in [-0.2, 0) is 0 Å². The Labute approximate surface area is 151 Å². The minimum atomic E-state index is -0.187. The predicted octanol–water partition coefficient (Wildman–Crippen LogP) is 2.30. The van der Waals surface area contributed by atoms with E-state index in [1.54, 1.807) is 30.7 Å². The highest BCUT2D eigenvalue weighted by Gasteiger charge is 2.26. The van der Waals surface area contributed by atoms with Crippen LogP contribution in [0.25, 0.3) is 11.0 Å². The number of anilines is 2. The summed E-state index contributed by atoms with van der Waals surface area (Å²) in [6.45, 7) is 4.64. The number of H-pyrrole nitrogens is 1. The molecule has 0 bridgehead atoms. The Morgan fingerprint density at radius 2 is 2.35 bits per heavy atom. The lowest BCUT2D eigenvalue weighted by atomic mass is 10.1. The Bertz CT molecular complexity index is 936. The van der Waals surface area contributed by atoms with Gasteiger partial charge in [-0.3, -0.25) is 9.78 Å². The van der Waals surface area contributed by atoms with E-state index in [-0.39, 0.29) is 5.91 Å². The lowest BCUT2D eigenvalue weighted by molar-refractivity contribution is 0.102. The van der Waals surface area contributed by atoms with Gasteiger partial charge in [0.05, 0.1) is 22.3 Å². The van der Waals surface area contributed by atoms with Crippen LogP contribution in [0.15, 0.2) is 36.9 Å². The summed E-state index contributed by atoms with van der Waals surface area (Å²) in [5, 5.41) is 3.94. The van der Waals surface area contributed by atoms with E-state index in [4.69, 9.17) is 5.73 Å². The molecular formula is C19H22N6O. The molecule has 1 unspecified atom stereocenters. The second kappa shape index (κ2) is 6.76. The average molecular weight is 350 g/mol. The Hall–Kier alpha value is -2.93. The highest BCUT2D eigenvalue weighted by molar-refractivity contribution is 6.11. The monoisotopic (exact) mass is 350 g/mol. The van der Waals surface area contributed by atoms with Crippen LogP contribution in [-0.4, -0.2) is 40.5 Å². The number of carbonyl (C=O) groups excluding carboxylic acids is 1. The zero-order chi connectivity index (χ0) is 18.1. The smallest absolute Gasteiger partial charge is 0.257 e. The van der Waals surface area contributed by atoms with E-state index in [0.29, 0.717) is 18.0 Å². The molecule has 1 atom stereocenters. The Kier molecular flexibility index (Phi) is 4.30. The third kappa shape index (κ3) is 2.90. The number of hydrogen-bond donors (Lipinski definition) is 3. The molecule has 1 fully saturated rings. The Morgan fingerprint density at radius 3 is 3.08 bits per heavy atom. The molecule has 26 heavy (non-hydrogen) atoms. The second-order valence-electron chi connectivity index (χ2n) is 6.75. The van der Waals surface area contributed by atoms with Gasteiger partial charge in [0.1, 0.15) is 5.65 Å². The summed E-state index contributed by atoms with van der Waals surface area (Å²) in [5.41, 5.74) is 10.1. The molecule has 0 saturated carbocycles. The van der Waals surface area contributed by atoms with Gasteiger partial charge in [-0.25, -0.2) is 4.98 Å². The van der Waals surface area contributed by atoms with Crippen LogP contribution in [0.2, 0.25) is 0 Å². The number of pyridine rings is 2. The Morgan fingerprint density at radius 1 is 1.46 bits per heavy atom. The maximum absolute atomic E-state index is 12.6. The van der Waals surface area contributed by atoms with Crippen LogP contribution >= 0.6 is 0 Å². The fourth-order valence-corrected chi connectivity index (χ4v) is 3.60. The lowest BCUT2D eigenvalue weighted by Crippen LogP contribution is -2.23. The molecule has 0 radical (unpaired) electrons. The predicted molar refractivity (Wildman–Crippen MR) is 102 cm³/mol. The van der Waals surface area contributed by atoms with Gasteiger partial charge in [0.2, 0.25) is 0 Å². The zero-order valence-electron chi connectivity index (χ0n) is 14.7. The van der Waals surface area contributed by atoms with Gasteiger partial charge in [-0.15, -0.1) is 0 Å². The third-order valence-electron chi connectivity index (χ3n) is 4.96. The molecular weight excluding hydrogens is 328 g/mol. The molecule has 3 aromatic heterocycles. The number of nitrogens with one attached hydrogen (secondary N) is 2. The van der Waals surface area contributed by atoms with E-state index in [1.165, 1.54) is 0 Å². The molecule has 4 rings (SSSR count). The number of hydrogen-bond acceptors (Lipinski definition) is 5. The van der Waals surface area contributed by atoms with Gasteiger partial charge in [0, 0.05) is 37.9 Å². The number of aromatic amines is 1. The van der Waals surface area contributed by atoms with E-state index in [9.17, 15) is 4.79 Å². The van der Waals surface area contributed by atoms with Crippen LogP contribution in [0, 0.1) is 12.8 Å². The molecule has 4 N–H and O–H groups in total. The van der Waals surface area contributed by atoms with Crippen molar-refractivity contribution in [1.82, 2.24) is 15.0 Å². The number of nitrogens with two attached hydrogens (primary N) is 1. The van der Waals surface area contributed by atoms with Crippen molar-refractivity contribution in [3.05, 3.63) is 48.0 Å². The molecule has 3 aromatic rings. The molecule has 7 heteroatoms. The third-order valence-corrected chi connectivity index (χ3v) is 4.96. The first-order valence-corrected chi connectivity index (χ1v) is 8.80. The molecule has 1 saturated heterocycles. The second-order valence-corrected chi connectivity index (χ2v) is 6.75. The maximum atomic E-state index is 12.6. The van der Waals surface area contributed by atoms with Crippen LogP contribution in [0.5, 0.6) is 0 Å². The average Bonchev–Trinajstić information content (AvgIpc) is 3.30. The van der Waals surface area contributed by atoms with E-state index in [2.05, 4.69) is 32.1 Å². The van der Waals surface area contributed by atoms with Crippen molar-refractivity contribution in [3.8, 4) is 0 Å². The van der Waals surface area contributed by atoms with Crippen molar-refractivity contribution in [1.29, 1.82) is 0 Å². The van der Waals surface area contributed by atoms with Crippen molar-refractivity contribution in [2.75, 3.05) is 29.9 Å². The molecule has 1 amide bonds. The van der Waals surface area contributed by atoms with Gasteiger partial charge in [0.25, 0.3) is 5.91 Å². The van der Waals surface area contributed by atoms with Crippen LogP contribution in [0.4, 0.5) is 11.4 Å². The number of nitrogens with zero attached hydrogens (tertiary/aromatic N) is 3. The first-order valence-electron chi connectivity index (χ1n) is 8.80. The summed E-state index contributed by atoms with van der Waals surface area (Å²) in [4.78, 5) is 26.6. The summed E-state index contributed by atoms with van der Waals surface area (Å²) in [6.07, 6.45) is 7.96. The molecule has 0 aromatic carbocycles. The van der Waals surface area contributed by atoms with Gasteiger partial charge in [0.15, 0.2) is 0 Å². The maximum Gasteiger partial charge on any atom is 0.257 e. The summed E-state index contributed by atoms with van der Waals surface area (Å²) in [5.74, 6) is 0.317. The van der Waals surface area contributed by atoms with E-state index in [1.807, 2.05) is 6.20 Å². The van der Waals surface area contributed by atoms with Gasteiger partial charge < -0.3 is 20.9 Å². The van der Waals surface area contributed by atoms with Crippen molar-refractivity contribution in [2.45, 2.75) is 13.3 Å². The first-order chi connectivity index (χ1) is 12.7. The van der Waals surface area contributed by atoms with Crippen LogP contribution in [0.1, 0.15) is 22.3 Å². The molecule has 7 nitrogen and oxygen atoms in total. The lowest BCUT2D eigenvalue weighted by Gasteiger charge is -2.22. The van der Waals surface area contributed by atoms with E-state index >= 15 is 0 Å². The van der Waals surface area contributed by atoms with Crippen LogP contribution < -0.4 is 16.0 Å². The van der Waals surface area contributed by atoms with Crippen molar-refractivity contribution >= 4 is 28.3 Å². The fourth-order valence-electron chi connectivity index (χ4n) is 3.60. The summed E-state index contributed by atoms with van der Waals surface area (Å²) >= 11 is 0. The molecule has 0 aliphatic carbocycles. The SMILES string of the molecule is Cc1cnc2[nH]cc(NC(=O)c3cccnc3)c2c1N1CCC(CN)C1. The summed E-state index contributed by atoms with van der Waals surface area (Å²) in [6, 6.07) is 3.49. The summed E-state index contributed by atoms with van der Waals surface area (Å²) < 4.78 is 0. The van der Waals surface area contributed by atoms with Crippen molar-refractivity contribution in [2.24, 2.45) is 11.7 Å². The van der Waals surface area contributed by atoms with E-state index in [0.717, 1.165) is 47.5 Å². The molecule has 1 aliphatic rings. The number of fused-ring (bicyclic) bond motifs is 1. The number of rotatable bonds is 4. The van der Waals surface area contributed by atoms with Gasteiger partial charge in [-0.2, -0.15) is 0 Å². The minimum Gasteiger partial charge on any atom is -0.370 e. The van der Waals surface area contributed by atoms with Gasteiger partial charge in [-0.05, 0) is 43.5 Å². The molecule has 0 spiro atoms. The number of carbonyl (C=O) groups is 1. The number of aromatic nitrogens is 3. The first kappa shape index (κ1) is 16.5. The normalized spacial score (nSPS) is 17.0. The molecule has 4 heterocycles. The largest absolute Gasteiger partial charge is 0.370 e. The van der Waals surface area contributed by atoms with Crippen molar-refractivity contribution < 1.29 is 4.79 Å². The number of amides is 1.